The van der Waals surface area contributed by atoms with Crippen molar-refractivity contribution in [1.82, 2.24) is 0 Å². The van der Waals surface area contributed by atoms with Crippen LogP contribution in [0.5, 0.6) is 5.75 Å². The third kappa shape index (κ3) is 16.5. The standard InChI is InChI=1S/C30H54O6/c1-7-8-9-10-11-12-13-16-29-17-14-15-18-30(29)36-28(6)23-35-27(5)22-34-26(4)21-33-25(3)20-32-24(2)19-31/h14-15,17-18,24-28,31H,7-13,16,19-23H2,1-6H3. The van der Waals surface area contributed by atoms with Gasteiger partial charge in [-0.2, -0.15) is 0 Å². The Morgan fingerprint density at radius 1 is 0.611 bits per heavy atom. The van der Waals surface area contributed by atoms with Crippen molar-refractivity contribution in [1.29, 1.82) is 0 Å². The molecule has 36 heavy (non-hydrogen) atoms. The van der Waals surface area contributed by atoms with Crippen LogP contribution < -0.4 is 4.74 Å². The first-order valence-electron chi connectivity index (χ1n) is 14.2. The van der Waals surface area contributed by atoms with Crippen LogP contribution in [0.25, 0.3) is 0 Å². The summed E-state index contributed by atoms with van der Waals surface area (Å²) in [4.78, 5) is 0. The quantitative estimate of drug-likeness (QED) is 0.173. The summed E-state index contributed by atoms with van der Waals surface area (Å²) in [7, 11) is 0. The monoisotopic (exact) mass is 510 g/mol. The molecule has 1 aromatic carbocycles. The van der Waals surface area contributed by atoms with Gasteiger partial charge in [-0.1, -0.05) is 63.6 Å². The first-order valence-corrected chi connectivity index (χ1v) is 14.2. The van der Waals surface area contributed by atoms with Crippen LogP contribution in [0.3, 0.4) is 0 Å². The SMILES string of the molecule is CCCCCCCCCc1ccccc1OC(C)COC(C)COC(C)COC(C)COC(C)CO. The summed E-state index contributed by atoms with van der Waals surface area (Å²) in [6, 6.07) is 8.38. The Labute approximate surface area is 221 Å². The Morgan fingerprint density at radius 3 is 1.64 bits per heavy atom. The average molecular weight is 511 g/mol. The minimum Gasteiger partial charge on any atom is -0.488 e. The fraction of sp³-hybridized carbons (Fsp3) is 0.800. The molecule has 0 saturated heterocycles. The highest BCUT2D eigenvalue weighted by Gasteiger charge is 2.13. The molecule has 0 aliphatic carbocycles. The fourth-order valence-corrected chi connectivity index (χ4v) is 3.74. The van der Waals surface area contributed by atoms with Crippen molar-refractivity contribution in [3.63, 3.8) is 0 Å². The van der Waals surface area contributed by atoms with E-state index in [2.05, 4.69) is 32.0 Å². The minimum absolute atomic E-state index is 0.0134. The molecule has 0 aromatic heterocycles. The van der Waals surface area contributed by atoms with Gasteiger partial charge >= 0.3 is 0 Å². The second-order valence-electron chi connectivity index (χ2n) is 10.2. The first-order chi connectivity index (χ1) is 17.3. The summed E-state index contributed by atoms with van der Waals surface area (Å²) < 4.78 is 29.3. The number of hydrogen-bond acceptors (Lipinski definition) is 6. The second kappa shape index (κ2) is 20.8. The van der Waals surface area contributed by atoms with E-state index in [9.17, 15) is 0 Å². The molecule has 0 bridgehead atoms. The van der Waals surface area contributed by atoms with Gasteiger partial charge in [0, 0.05) is 0 Å². The smallest absolute Gasteiger partial charge is 0.123 e. The van der Waals surface area contributed by atoms with Crippen molar-refractivity contribution in [2.24, 2.45) is 0 Å². The van der Waals surface area contributed by atoms with Gasteiger partial charge in [-0.25, -0.2) is 0 Å². The van der Waals surface area contributed by atoms with Crippen LogP contribution in [0.2, 0.25) is 0 Å². The lowest BCUT2D eigenvalue weighted by atomic mass is 10.0. The highest BCUT2D eigenvalue weighted by molar-refractivity contribution is 5.33. The molecule has 0 spiro atoms. The topological polar surface area (TPSA) is 66.4 Å². The summed E-state index contributed by atoms with van der Waals surface area (Å²) in [5, 5.41) is 9.01. The van der Waals surface area contributed by atoms with Crippen LogP contribution in [-0.4, -0.2) is 68.7 Å². The van der Waals surface area contributed by atoms with Crippen molar-refractivity contribution >= 4 is 0 Å². The third-order valence-corrected chi connectivity index (χ3v) is 6.07. The number of unbranched alkanes of at least 4 members (excludes halogenated alkanes) is 6. The summed E-state index contributed by atoms with van der Waals surface area (Å²) >= 11 is 0. The van der Waals surface area contributed by atoms with Gasteiger partial charge in [-0.3, -0.25) is 0 Å². The summed E-state index contributed by atoms with van der Waals surface area (Å²) in [6.45, 7) is 14.1. The number of benzene rings is 1. The molecule has 0 heterocycles. The van der Waals surface area contributed by atoms with Gasteiger partial charge in [0.2, 0.25) is 0 Å². The predicted octanol–water partition coefficient (Wildman–Crippen LogP) is 6.36. The van der Waals surface area contributed by atoms with Crippen LogP contribution in [0, 0.1) is 0 Å². The van der Waals surface area contributed by atoms with Crippen molar-refractivity contribution in [3.8, 4) is 5.75 Å². The number of hydrogen-bond donors (Lipinski definition) is 1. The average Bonchev–Trinajstić information content (AvgIpc) is 2.88. The van der Waals surface area contributed by atoms with Gasteiger partial charge in [0.15, 0.2) is 0 Å². The van der Waals surface area contributed by atoms with E-state index in [1.54, 1.807) is 0 Å². The van der Waals surface area contributed by atoms with Crippen LogP contribution in [-0.2, 0) is 25.4 Å². The van der Waals surface area contributed by atoms with Gasteiger partial charge in [0.25, 0.3) is 0 Å². The summed E-state index contributed by atoms with van der Waals surface area (Å²) in [5.41, 5.74) is 1.29. The van der Waals surface area contributed by atoms with Crippen molar-refractivity contribution in [2.45, 2.75) is 123 Å². The molecule has 1 aromatic rings. The maximum atomic E-state index is 9.01. The van der Waals surface area contributed by atoms with Crippen molar-refractivity contribution in [3.05, 3.63) is 29.8 Å². The normalized spacial score (nSPS) is 15.9. The predicted molar refractivity (Wildman–Crippen MR) is 147 cm³/mol. The number of aliphatic hydroxyl groups is 1. The molecule has 5 atom stereocenters. The molecule has 1 rings (SSSR count). The molecule has 6 nitrogen and oxygen atoms in total. The van der Waals surface area contributed by atoms with E-state index in [4.69, 9.17) is 28.8 Å². The zero-order valence-electron chi connectivity index (χ0n) is 23.9. The molecule has 1 N–H and O–H groups in total. The zero-order chi connectivity index (χ0) is 26.6. The Kier molecular flexibility index (Phi) is 19.0. The fourth-order valence-electron chi connectivity index (χ4n) is 3.74. The van der Waals surface area contributed by atoms with E-state index < -0.39 is 0 Å². The molecule has 0 aliphatic rings. The molecule has 5 unspecified atom stereocenters. The van der Waals surface area contributed by atoms with Crippen molar-refractivity contribution in [2.75, 3.05) is 33.0 Å². The van der Waals surface area contributed by atoms with Gasteiger partial charge < -0.3 is 28.8 Å². The number of aryl methyl sites for hydroxylation is 1. The lowest BCUT2D eigenvalue weighted by Gasteiger charge is -2.22. The minimum atomic E-state index is -0.173. The Hall–Kier alpha value is -1.18. The highest BCUT2D eigenvalue weighted by atomic mass is 16.6. The molecule has 0 saturated carbocycles. The molecule has 6 heteroatoms. The molecule has 0 radical (unpaired) electrons. The van der Waals surface area contributed by atoms with Crippen LogP contribution in [0.4, 0.5) is 0 Å². The van der Waals surface area contributed by atoms with Crippen LogP contribution in [0.15, 0.2) is 24.3 Å². The number of para-hydroxylation sites is 1. The maximum Gasteiger partial charge on any atom is 0.123 e. The third-order valence-electron chi connectivity index (χ3n) is 6.07. The Morgan fingerprint density at radius 2 is 1.08 bits per heavy atom. The molecule has 0 amide bonds. The van der Waals surface area contributed by atoms with E-state index in [0.29, 0.717) is 26.4 Å². The summed E-state index contributed by atoms with van der Waals surface area (Å²) in [6.07, 6.45) is 9.93. The Bertz CT molecular complexity index is 640. The number of rotatable bonds is 23. The summed E-state index contributed by atoms with van der Waals surface area (Å²) in [5.74, 6) is 0.973. The van der Waals surface area contributed by atoms with E-state index in [-0.39, 0.29) is 37.1 Å². The highest BCUT2D eigenvalue weighted by Crippen LogP contribution is 2.22. The molecule has 0 fully saturated rings. The van der Waals surface area contributed by atoms with Gasteiger partial charge in [0.1, 0.15) is 11.9 Å². The van der Waals surface area contributed by atoms with Gasteiger partial charge in [-0.05, 0) is 59.1 Å². The van der Waals surface area contributed by atoms with Crippen LogP contribution in [0.1, 0.15) is 92.1 Å². The lowest BCUT2D eigenvalue weighted by Crippen LogP contribution is -2.29. The zero-order valence-corrected chi connectivity index (χ0v) is 23.9. The molecular formula is C30H54O6. The lowest BCUT2D eigenvalue weighted by molar-refractivity contribution is -0.0927. The second-order valence-corrected chi connectivity index (χ2v) is 10.2. The van der Waals surface area contributed by atoms with E-state index in [1.807, 2.05) is 33.8 Å². The molecule has 210 valence electrons. The van der Waals surface area contributed by atoms with Crippen LogP contribution >= 0.6 is 0 Å². The van der Waals surface area contributed by atoms with Crippen molar-refractivity contribution < 1.29 is 28.8 Å². The largest absolute Gasteiger partial charge is 0.488 e. The molecular weight excluding hydrogens is 456 g/mol. The Balaban J connectivity index is 2.23. The van der Waals surface area contributed by atoms with E-state index in [1.165, 1.54) is 50.5 Å². The number of ether oxygens (including phenoxy) is 5. The van der Waals surface area contributed by atoms with E-state index in [0.717, 1.165) is 12.2 Å². The number of aliphatic hydroxyl groups excluding tert-OH is 1. The van der Waals surface area contributed by atoms with Gasteiger partial charge in [-0.15, -0.1) is 0 Å². The maximum absolute atomic E-state index is 9.01. The van der Waals surface area contributed by atoms with Gasteiger partial charge in [0.05, 0.1) is 57.5 Å². The molecule has 0 aliphatic heterocycles. The van der Waals surface area contributed by atoms with E-state index >= 15 is 0 Å². The first kappa shape index (κ1) is 32.8.